The predicted molar refractivity (Wildman–Crippen MR) is 84.7 cm³/mol. The summed E-state index contributed by atoms with van der Waals surface area (Å²) in [5.41, 5.74) is 1.61. The first-order valence-corrected chi connectivity index (χ1v) is 7.54. The van der Waals surface area contributed by atoms with Crippen molar-refractivity contribution in [2.45, 2.75) is 38.6 Å². The number of allylic oxidation sites excluding steroid dienone is 1. The fourth-order valence-electron chi connectivity index (χ4n) is 2.48. The largest absolute Gasteiger partial charge is 0.344 e. The van der Waals surface area contributed by atoms with Crippen LogP contribution in [0.1, 0.15) is 43.0 Å². The fraction of sp³-hybridized carbons (Fsp3) is 0.375. The van der Waals surface area contributed by atoms with E-state index in [0.717, 1.165) is 24.8 Å². The summed E-state index contributed by atoms with van der Waals surface area (Å²) < 4.78 is 0. The number of nitrogens with one attached hydrogen (secondary N) is 2. The van der Waals surface area contributed by atoms with Crippen LogP contribution in [0.4, 0.5) is 5.69 Å². The molecule has 0 saturated heterocycles. The van der Waals surface area contributed by atoms with Crippen LogP contribution in [-0.2, 0) is 4.79 Å². The lowest BCUT2D eigenvalue weighted by molar-refractivity contribution is -0.385. The molecule has 0 bridgehead atoms. The van der Waals surface area contributed by atoms with Gasteiger partial charge < -0.3 is 10.6 Å². The second-order valence-corrected chi connectivity index (χ2v) is 5.37. The number of amides is 2. The van der Waals surface area contributed by atoms with Crippen molar-refractivity contribution in [3.05, 3.63) is 51.2 Å². The molecule has 122 valence electrons. The molecule has 1 aliphatic rings. The third kappa shape index (κ3) is 4.15. The van der Waals surface area contributed by atoms with Gasteiger partial charge in [0.1, 0.15) is 5.56 Å². The lowest BCUT2D eigenvalue weighted by atomic mass is 10.1. The van der Waals surface area contributed by atoms with Crippen LogP contribution in [0.15, 0.2) is 35.5 Å². The molecule has 7 nitrogen and oxygen atoms in total. The summed E-state index contributed by atoms with van der Waals surface area (Å²) in [7, 11) is 0. The molecule has 2 rings (SSSR count). The molecule has 1 aliphatic carbocycles. The number of nitro groups is 1. The van der Waals surface area contributed by atoms with Crippen molar-refractivity contribution >= 4 is 18.0 Å². The van der Waals surface area contributed by atoms with Crippen LogP contribution in [0, 0.1) is 10.1 Å². The Morgan fingerprint density at radius 2 is 2.09 bits per heavy atom. The normalized spacial score (nSPS) is 13.9. The molecular formula is C16H19N3O4. The lowest BCUT2D eigenvalue weighted by Gasteiger charge is -2.21. The molecule has 1 aromatic carbocycles. The van der Waals surface area contributed by atoms with Gasteiger partial charge in [0.15, 0.2) is 0 Å². The fourth-order valence-corrected chi connectivity index (χ4v) is 2.48. The van der Waals surface area contributed by atoms with E-state index in [1.54, 1.807) is 6.07 Å². The SMILES string of the molecule is CCCC(NC(=O)c1ccccc1[N+](=O)[O-])C(NC=O)=C1CC1. The first kappa shape index (κ1) is 16.7. The summed E-state index contributed by atoms with van der Waals surface area (Å²) in [6, 6.07) is 5.47. The highest BCUT2D eigenvalue weighted by molar-refractivity contribution is 5.98. The van der Waals surface area contributed by atoms with E-state index in [1.165, 1.54) is 18.2 Å². The van der Waals surface area contributed by atoms with Crippen LogP contribution in [0.5, 0.6) is 0 Å². The number of carbonyl (C=O) groups is 2. The Kier molecular flexibility index (Phi) is 5.46. The number of rotatable bonds is 8. The molecule has 23 heavy (non-hydrogen) atoms. The van der Waals surface area contributed by atoms with Gasteiger partial charge in [-0.05, 0) is 30.9 Å². The molecule has 1 saturated carbocycles. The molecule has 1 unspecified atom stereocenters. The maximum Gasteiger partial charge on any atom is 0.282 e. The van der Waals surface area contributed by atoms with Gasteiger partial charge in [-0.25, -0.2) is 0 Å². The zero-order chi connectivity index (χ0) is 16.8. The molecule has 2 amide bonds. The summed E-state index contributed by atoms with van der Waals surface area (Å²) in [5, 5.41) is 16.5. The zero-order valence-electron chi connectivity index (χ0n) is 12.9. The van der Waals surface area contributed by atoms with E-state index in [0.29, 0.717) is 18.5 Å². The first-order valence-electron chi connectivity index (χ1n) is 7.54. The second kappa shape index (κ2) is 7.53. The van der Waals surface area contributed by atoms with Crippen molar-refractivity contribution in [2.75, 3.05) is 0 Å². The first-order chi connectivity index (χ1) is 11.1. The van der Waals surface area contributed by atoms with Crippen LogP contribution in [0.25, 0.3) is 0 Å². The standard InChI is InChI=1S/C16H19N3O4/c1-2-5-13(15(17-10-20)11-8-9-11)18-16(21)12-6-3-4-7-14(12)19(22)23/h3-4,6-7,10,13H,2,5,8-9H2,1H3,(H,17,20)(H,18,21). The molecule has 2 N–H and O–H groups in total. The van der Waals surface area contributed by atoms with Crippen molar-refractivity contribution in [2.24, 2.45) is 0 Å². The number of para-hydroxylation sites is 1. The van der Waals surface area contributed by atoms with Gasteiger partial charge in [0.05, 0.1) is 11.0 Å². The molecule has 0 radical (unpaired) electrons. The highest BCUT2D eigenvalue weighted by Gasteiger charge is 2.27. The average molecular weight is 317 g/mol. The van der Waals surface area contributed by atoms with Crippen LogP contribution in [-0.4, -0.2) is 23.3 Å². The van der Waals surface area contributed by atoms with Gasteiger partial charge in [-0.15, -0.1) is 0 Å². The number of carbonyl (C=O) groups excluding carboxylic acids is 2. The monoisotopic (exact) mass is 317 g/mol. The Morgan fingerprint density at radius 3 is 2.65 bits per heavy atom. The summed E-state index contributed by atoms with van der Waals surface area (Å²) in [4.78, 5) is 33.7. The molecule has 1 atom stereocenters. The van der Waals surface area contributed by atoms with Crippen LogP contribution in [0.3, 0.4) is 0 Å². The Labute approximate surface area is 133 Å². The minimum absolute atomic E-state index is 0.0184. The van der Waals surface area contributed by atoms with Gasteiger partial charge in [0, 0.05) is 11.8 Å². The van der Waals surface area contributed by atoms with Crippen molar-refractivity contribution in [3.8, 4) is 0 Å². The topological polar surface area (TPSA) is 101 Å². The molecule has 1 fully saturated rings. The van der Waals surface area contributed by atoms with Gasteiger partial charge in [0.2, 0.25) is 6.41 Å². The Hall–Kier alpha value is -2.70. The summed E-state index contributed by atoms with van der Waals surface area (Å²) in [6.45, 7) is 1.97. The molecule has 7 heteroatoms. The lowest BCUT2D eigenvalue weighted by Crippen LogP contribution is -2.40. The molecule has 0 spiro atoms. The predicted octanol–water partition coefficient (Wildman–Crippen LogP) is 2.29. The van der Waals surface area contributed by atoms with E-state index in [-0.39, 0.29) is 17.3 Å². The van der Waals surface area contributed by atoms with E-state index in [4.69, 9.17) is 0 Å². The van der Waals surface area contributed by atoms with E-state index in [9.17, 15) is 19.7 Å². The van der Waals surface area contributed by atoms with Crippen molar-refractivity contribution < 1.29 is 14.5 Å². The number of nitrogens with zero attached hydrogens (tertiary/aromatic N) is 1. The molecule has 1 aromatic rings. The maximum absolute atomic E-state index is 12.5. The highest BCUT2D eigenvalue weighted by Crippen LogP contribution is 2.32. The average Bonchev–Trinajstić information content (AvgIpc) is 3.37. The third-order valence-electron chi connectivity index (χ3n) is 3.67. The van der Waals surface area contributed by atoms with E-state index < -0.39 is 10.8 Å². The van der Waals surface area contributed by atoms with Gasteiger partial charge in [-0.2, -0.15) is 0 Å². The Bertz CT molecular complexity index is 648. The number of hydrogen-bond acceptors (Lipinski definition) is 4. The number of nitro benzene ring substituents is 1. The van der Waals surface area contributed by atoms with Gasteiger partial charge in [0.25, 0.3) is 11.6 Å². The van der Waals surface area contributed by atoms with Crippen LogP contribution < -0.4 is 10.6 Å². The summed E-state index contributed by atoms with van der Waals surface area (Å²) in [6.07, 6.45) is 3.85. The minimum atomic E-state index is -0.576. The smallest absolute Gasteiger partial charge is 0.282 e. The van der Waals surface area contributed by atoms with Crippen molar-refractivity contribution in [1.82, 2.24) is 10.6 Å². The van der Waals surface area contributed by atoms with Crippen LogP contribution >= 0.6 is 0 Å². The molecule has 0 aliphatic heterocycles. The number of hydrogen-bond donors (Lipinski definition) is 2. The van der Waals surface area contributed by atoms with E-state index in [2.05, 4.69) is 10.6 Å². The summed E-state index contributed by atoms with van der Waals surface area (Å²) in [5.74, 6) is -0.512. The molecular weight excluding hydrogens is 298 g/mol. The Balaban J connectivity index is 2.23. The molecule has 0 aromatic heterocycles. The van der Waals surface area contributed by atoms with Gasteiger partial charge in [-0.1, -0.05) is 25.5 Å². The highest BCUT2D eigenvalue weighted by atomic mass is 16.6. The Morgan fingerprint density at radius 1 is 1.39 bits per heavy atom. The van der Waals surface area contributed by atoms with Gasteiger partial charge in [-0.3, -0.25) is 19.7 Å². The van der Waals surface area contributed by atoms with E-state index in [1.807, 2.05) is 6.92 Å². The zero-order valence-corrected chi connectivity index (χ0v) is 12.9. The van der Waals surface area contributed by atoms with E-state index >= 15 is 0 Å². The van der Waals surface area contributed by atoms with Gasteiger partial charge >= 0.3 is 0 Å². The summed E-state index contributed by atoms with van der Waals surface area (Å²) >= 11 is 0. The second-order valence-electron chi connectivity index (χ2n) is 5.37. The third-order valence-corrected chi connectivity index (χ3v) is 3.67. The quantitative estimate of drug-likeness (QED) is 0.436. The van der Waals surface area contributed by atoms with Crippen LogP contribution in [0.2, 0.25) is 0 Å². The maximum atomic E-state index is 12.5. The number of benzene rings is 1. The van der Waals surface area contributed by atoms with Crippen molar-refractivity contribution in [1.29, 1.82) is 0 Å². The molecule has 0 heterocycles. The van der Waals surface area contributed by atoms with Crippen molar-refractivity contribution in [3.63, 3.8) is 0 Å². The minimum Gasteiger partial charge on any atom is -0.344 e.